The maximum atomic E-state index is 12.8. The van der Waals surface area contributed by atoms with Crippen LogP contribution in [0.25, 0.3) is 10.1 Å². The molecule has 0 aliphatic rings. The van der Waals surface area contributed by atoms with Gasteiger partial charge in [0.2, 0.25) is 0 Å². The zero-order chi connectivity index (χ0) is 13.9. The molecule has 0 aliphatic carbocycles. The molecule has 0 bridgehead atoms. The first-order valence-corrected chi connectivity index (χ1v) is 7.44. The van der Waals surface area contributed by atoms with Crippen LogP contribution in [0.15, 0.2) is 60.0 Å². The SMILES string of the molecule is NCC(C(=O)c1cccc2ccsc12)c1ccccc1. The molecule has 0 saturated heterocycles. The number of nitrogens with two attached hydrogens (primary N) is 1. The van der Waals surface area contributed by atoms with Gasteiger partial charge in [0.05, 0.1) is 5.92 Å². The lowest BCUT2D eigenvalue weighted by Crippen LogP contribution is -2.21. The predicted molar refractivity (Wildman–Crippen MR) is 84.4 cm³/mol. The Bertz CT molecular complexity index is 733. The van der Waals surface area contributed by atoms with Crippen LogP contribution in [-0.4, -0.2) is 12.3 Å². The van der Waals surface area contributed by atoms with Gasteiger partial charge in [-0.1, -0.05) is 42.5 Å². The van der Waals surface area contributed by atoms with Crippen molar-refractivity contribution in [3.05, 3.63) is 71.1 Å². The standard InChI is InChI=1S/C17H15NOS/c18-11-15(12-5-2-1-3-6-12)16(19)14-8-4-7-13-9-10-20-17(13)14/h1-10,15H,11,18H2. The van der Waals surface area contributed by atoms with Crippen LogP contribution in [0.1, 0.15) is 21.8 Å². The number of carbonyl (C=O) groups is 1. The number of benzene rings is 2. The number of rotatable bonds is 4. The van der Waals surface area contributed by atoms with Crippen molar-refractivity contribution in [3.63, 3.8) is 0 Å². The molecule has 1 heterocycles. The fraction of sp³-hybridized carbons (Fsp3) is 0.118. The van der Waals surface area contributed by atoms with Gasteiger partial charge in [0, 0.05) is 16.8 Å². The molecule has 1 unspecified atom stereocenters. The van der Waals surface area contributed by atoms with Crippen molar-refractivity contribution in [2.75, 3.05) is 6.54 Å². The Morgan fingerprint density at radius 3 is 2.60 bits per heavy atom. The van der Waals surface area contributed by atoms with Crippen molar-refractivity contribution >= 4 is 27.2 Å². The fourth-order valence-electron chi connectivity index (χ4n) is 2.45. The van der Waals surface area contributed by atoms with E-state index in [9.17, 15) is 4.79 Å². The van der Waals surface area contributed by atoms with Crippen LogP contribution in [0.4, 0.5) is 0 Å². The molecular weight excluding hydrogens is 266 g/mol. The van der Waals surface area contributed by atoms with E-state index in [1.165, 1.54) is 0 Å². The second kappa shape index (κ2) is 5.57. The summed E-state index contributed by atoms with van der Waals surface area (Å²) < 4.78 is 1.05. The van der Waals surface area contributed by atoms with Crippen molar-refractivity contribution < 1.29 is 4.79 Å². The van der Waals surface area contributed by atoms with E-state index in [4.69, 9.17) is 5.73 Å². The summed E-state index contributed by atoms with van der Waals surface area (Å²) in [6.07, 6.45) is 0. The minimum Gasteiger partial charge on any atom is -0.329 e. The Labute approximate surface area is 121 Å². The molecule has 3 aromatic rings. The average molecular weight is 281 g/mol. The lowest BCUT2D eigenvalue weighted by molar-refractivity contribution is 0.0964. The summed E-state index contributed by atoms with van der Waals surface area (Å²) in [4.78, 5) is 12.8. The molecule has 0 amide bonds. The molecule has 0 fully saturated rings. The van der Waals surface area contributed by atoms with Gasteiger partial charge in [-0.3, -0.25) is 4.79 Å². The molecule has 2 nitrogen and oxygen atoms in total. The van der Waals surface area contributed by atoms with Gasteiger partial charge in [-0.15, -0.1) is 11.3 Å². The van der Waals surface area contributed by atoms with Crippen LogP contribution < -0.4 is 5.73 Å². The summed E-state index contributed by atoms with van der Waals surface area (Å²) in [7, 11) is 0. The van der Waals surface area contributed by atoms with Gasteiger partial charge in [0.25, 0.3) is 0 Å². The van der Waals surface area contributed by atoms with Crippen LogP contribution in [0.2, 0.25) is 0 Å². The van der Waals surface area contributed by atoms with Gasteiger partial charge in [-0.2, -0.15) is 0 Å². The molecule has 2 aromatic carbocycles. The Hall–Kier alpha value is -1.97. The normalized spacial score (nSPS) is 12.4. The molecule has 3 heteroatoms. The van der Waals surface area contributed by atoms with Crippen LogP contribution in [0, 0.1) is 0 Å². The topological polar surface area (TPSA) is 43.1 Å². The molecular formula is C17H15NOS. The summed E-state index contributed by atoms with van der Waals surface area (Å²) in [6.45, 7) is 0.324. The van der Waals surface area contributed by atoms with Gasteiger partial charge >= 0.3 is 0 Å². The minimum atomic E-state index is -0.274. The van der Waals surface area contributed by atoms with Crippen LogP contribution in [-0.2, 0) is 0 Å². The smallest absolute Gasteiger partial charge is 0.173 e. The molecule has 20 heavy (non-hydrogen) atoms. The Kier molecular flexibility index (Phi) is 3.63. The highest BCUT2D eigenvalue weighted by Crippen LogP contribution is 2.29. The summed E-state index contributed by atoms with van der Waals surface area (Å²) in [6, 6.07) is 17.6. The molecule has 0 spiro atoms. The molecule has 2 N–H and O–H groups in total. The first-order valence-electron chi connectivity index (χ1n) is 6.56. The third-order valence-corrected chi connectivity index (χ3v) is 4.46. The van der Waals surface area contributed by atoms with E-state index in [0.29, 0.717) is 6.54 Å². The number of thiophene rings is 1. The lowest BCUT2D eigenvalue weighted by atomic mass is 9.90. The van der Waals surface area contributed by atoms with Crippen molar-refractivity contribution in [1.29, 1.82) is 0 Å². The molecule has 0 radical (unpaired) electrons. The molecule has 3 rings (SSSR count). The first kappa shape index (κ1) is 13.0. The molecule has 0 saturated carbocycles. The third-order valence-electron chi connectivity index (χ3n) is 3.50. The van der Waals surface area contributed by atoms with E-state index < -0.39 is 0 Å². The second-order valence-corrected chi connectivity index (χ2v) is 5.62. The summed E-state index contributed by atoms with van der Waals surface area (Å²) >= 11 is 1.60. The molecule has 100 valence electrons. The quantitative estimate of drug-likeness (QED) is 0.739. The van der Waals surface area contributed by atoms with E-state index >= 15 is 0 Å². The van der Waals surface area contributed by atoms with Gasteiger partial charge < -0.3 is 5.73 Å². The minimum absolute atomic E-state index is 0.103. The predicted octanol–water partition coefficient (Wildman–Crippen LogP) is 3.83. The first-order chi connectivity index (χ1) is 9.81. The van der Waals surface area contributed by atoms with Crippen molar-refractivity contribution in [2.24, 2.45) is 5.73 Å². The highest BCUT2D eigenvalue weighted by molar-refractivity contribution is 7.17. The second-order valence-electron chi connectivity index (χ2n) is 4.71. The zero-order valence-corrected chi connectivity index (χ0v) is 11.8. The third kappa shape index (κ3) is 2.26. The van der Waals surface area contributed by atoms with E-state index in [2.05, 4.69) is 0 Å². The van der Waals surface area contributed by atoms with E-state index in [-0.39, 0.29) is 11.7 Å². The maximum absolute atomic E-state index is 12.8. The number of ketones is 1. The van der Waals surface area contributed by atoms with Crippen LogP contribution in [0.3, 0.4) is 0 Å². The Morgan fingerprint density at radius 2 is 1.85 bits per heavy atom. The van der Waals surface area contributed by atoms with Crippen molar-refractivity contribution in [1.82, 2.24) is 0 Å². The number of hydrogen-bond acceptors (Lipinski definition) is 3. The highest BCUT2D eigenvalue weighted by Gasteiger charge is 2.22. The number of hydrogen-bond donors (Lipinski definition) is 1. The highest BCUT2D eigenvalue weighted by atomic mass is 32.1. The van der Waals surface area contributed by atoms with E-state index in [1.807, 2.05) is 60.0 Å². The van der Waals surface area contributed by atoms with Crippen LogP contribution in [0.5, 0.6) is 0 Å². The van der Waals surface area contributed by atoms with Crippen LogP contribution >= 0.6 is 11.3 Å². The molecule has 0 aliphatic heterocycles. The Balaban J connectivity index is 2.05. The molecule has 1 aromatic heterocycles. The van der Waals surface area contributed by atoms with Gasteiger partial charge in [0.1, 0.15) is 0 Å². The number of fused-ring (bicyclic) bond motifs is 1. The van der Waals surface area contributed by atoms with E-state index in [0.717, 1.165) is 21.2 Å². The largest absolute Gasteiger partial charge is 0.329 e. The van der Waals surface area contributed by atoms with Crippen molar-refractivity contribution in [3.8, 4) is 0 Å². The zero-order valence-electron chi connectivity index (χ0n) is 11.0. The summed E-state index contributed by atoms with van der Waals surface area (Å²) in [5.74, 6) is -0.171. The average Bonchev–Trinajstić information content (AvgIpc) is 2.97. The summed E-state index contributed by atoms with van der Waals surface area (Å²) in [5, 5.41) is 3.13. The van der Waals surface area contributed by atoms with Gasteiger partial charge in [0.15, 0.2) is 5.78 Å². The van der Waals surface area contributed by atoms with Gasteiger partial charge in [-0.25, -0.2) is 0 Å². The number of carbonyl (C=O) groups excluding carboxylic acids is 1. The lowest BCUT2D eigenvalue weighted by Gasteiger charge is -2.14. The monoisotopic (exact) mass is 281 g/mol. The number of Topliss-reactive ketones (excluding diaryl/α,β-unsaturated/α-hetero) is 1. The van der Waals surface area contributed by atoms with Gasteiger partial charge in [-0.05, 0) is 28.5 Å². The molecule has 1 atom stereocenters. The maximum Gasteiger partial charge on any atom is 0.173 e. The van der Waals surface area contributed by atoms with Crippen molar-refractivity contribution in [2.45, 2.75) is 5.92 Å². The van der Waals surface area contributed by atoms with E-state index in [1.54, 1.807) is 11.3 Å². The Morgan fingerprint density at radius 1 is 1.05 bits per heavy atom. The fourth-order valence-corrected chi connectivity index (χ4v) is 3.37. The summed E-state index contributed by atoms with van der Waals surface area (Å²) in [5.41, 5.74) is 7.60.